The van der Waals surface area contributed by atoms with Gasteiger partial charge in [0.2, 0.25) is 0 Å². The average Bonchev–Trinajstić information content (AvgIpc) is 3.44. The lowest BCUT2D eigenvalue weighted by molar-refractivity contribution is -0.123. The number of amides is 2. The fourth-order valence-electron chi connectivity index (χ4n) is 3.64. The van der Waals surface area contributed by atoms with Crippen molar-refractivity contribution >= 4 is 23.7 Å². The van der Waals surface area contributed by atoms with Gasteiger partial charge in [-0.2, -0.15) is 5.10 Å². The quantitative estimate of drug-likeness (QED) is 0.406. The summed E-state index contributed by atoms with van der Waals surface area (Å²) in [4.78, 5) is 29.0. The van der Waals surface area contributed by atoms with Crippen molar-refractivity contribution < 1.29 is 19.1 Å². The van der Waals surface area contributed by atoms with Gasteiger partial charge in [-0.15, -0.1) is 0 Å². The zero-order valence-electron chi connectivity index (χ0n) is 18.7. The average molecular weight is 450 g/mol. The largest absolute Gasteiger partial charge is 0.484 e. The highest BCUT2D eigenvalue weighted by Crippen LogP contribution is 2.14. The van der Waals surface area contributed by atoms with Gasteiger partial charge in [-0.1, -0.05) is 6.07 Å². The van der Waals surface area contributed by atoms with E-state index >= 15 is 0 Å². The molecule has 1 aliphatic rings. The molecular weight excluding hydrogens is 422 g/mol. The van der Waals surface area contributed by atoms with E-state index in [1.165, 1.54) is 0 Å². The predicted molar refractivity (Wildman–Crippen MR) is 124 cm³/mol. The molecule has 0 aliphatic carbocycles. The van der Waals surface area contributed by atoms with E-state index in [1.54, 1.807) is 41.8 Å². The molecule has 172 valence electrons. The Morgan fingerprint density at radius 2 is 2.06 bits per heavy atom. The molecular formula is C24H27N5O4. The molecule has 33 heavy (non-hydrogen) atoms. The van der Waals surface area contributed by atoms with Gasteiger partial charge in [0.05, 0.1) is 18.0 Å². The second kappa shape index (κ2) is 10.3. The van der Waals surface area contributed by atoms with Crippen LogP contribution in [-0.4, -0.2) is 53.3 Å². The first-order valence-corrected chi connectivity index (χ1v) is 10.9. The van der Waals surface area contributed by atoms with E-state index in [9.17, 15) is 9.59 Å². The second-order valence-corrected chi connectivity index (χ2v) is 7.98. The predicted octanol–water partition coefficient (Wildman–Crippen LogP) is 2.39. The van der Waals surface area contributed by atoms with Gasteiger partial charge >= 0.3 is 0 Å². The minimum atomic E-state index is -0.337. The Labute approximate surface area is 191 Å². The molecule has 1 fully saturated rings. The van der Waals surface area contributed by atoms with Gasteiger partial charge in [0.25, 0.3) is 11.8 Å². The van der Waals surface area contributed by atoms with Crippen molar-refractivity contribution in [2.24, 2.45) is 5.10 Å². The number of aryl methyl sites for hydroxylation is 2. The van der Waals surface area contributed by atoms with Gasteiger partial charge in [0.1, 0.15) is 17.1 Å². The van der Waals surface area contributed by atoms with E-state index in [2.05, 4.69) is 20.8 Å². The van der Waals surface area contributed by atoms with Crippen LogP contribution in [0.4, 0.5) is 0 Å². The van der Waals surface area contributed by atoms with Crippen molar-refractivity contribution in [3.63, 3.8) is 0 Å². The third-order valence-corrected chi connectivity index (χ3v) is 5.34. The summed E-state index contributed by atoms with van der Waals surface area (Å²) in [5.74, 6) is 0.0488. The van der Waals surface area contributed by atoms with Crippen LogP contribution < -0.4 is 15.5 Å². The molecule has 1 atom stereocenters. The van der Waals surface area contributed by atoms with Gasteiger partial charge in [-0.25, -0.2) is 10.4 Å². The van der Waals surface area contributed by atoms with Gasteiger partial charge in [0.15, 0.2) is 6.61 Å². The molecule has 0 unspecified atom stereocenters. The highest BCUT2D eigenvalue weighted by Gasteiger charge is 2.17. The van der Waals surface area contributed by atoms with E-state index in [-0.39, 0.29) is 24.5 Å². The monoisotopic (exact) mass is 449 g/mol. The molecule has 1 aromatic carbocycles. The fraction of sp³-hybridized carbons (Fsp3) is 0.333. The molecule has 0 saturated carbocycles. The summed E-state index contributed by atoms with van der Waals surface area (Å²) in [5, 5.41) is 6.87. The van der Waals surface area contributed by atoms with Crippen molar-refractivity contribution in [2.75, 3.05) is 19.8 Å². The molecule has 2 amide bonds. The summed E-state index contributed by atoms with van der Waals surface area (Å²) in [6.07, 6.45) is 5.53. The number of rotatable bonds is 8. The number of ether oxygens (including phenoxy) is 2. The highest BCUT2D eigenvalue weighted by atomic mass is 16.5. The first-order chi connectivity index (χ1) is 16.0. The Kier molecular flexibility index (Phi) is 6.99. The minimum Gasteiger partial charge on any atom is -0.484 e. The number of hydrogen-bond donors (Lipinski definition) is 2. The first-order valence-electron chi connectivity index (χ1n) is 10.9. The molecule has 2 aromatic heterocycles. The van der Waals surface area contributed by atoms with E-state index < -0.39 is 0 Å². The number of benzene rings is 1. The Morgan fingerprint density at radius 3 is 2.82 bits per heavy atom. The normalized spacial score (nSPS) is 15.8. The number of hydrogen-bond acceptors (Lipinski definition) is 6. The summed E-state index contributed by atoms with van der Waals surface area (Å²) in [5.41, 5.74) is 6.15. The van der Waals surface area contributed by atoms with Crippen molar-refractivity contribution in [3.05, 3.63) is 65.1 Å². The van der Waals surface area contributed by atoms with Crippen molar-refractivity contribution in [2.45, 2.75) is 32.8 Å². The van der Waals surface area contributed by atoms with Gasteiger partial charge < -0.3 is 14.8 Å². The smallest absolute Gasteiger partial charge is 0.290 e. The van der Waals surface area contributed by atoms with Crippen LogP contribution in [0.5, 0.6) is 5.75 Å². The van der Waals surface area contributed by atoms with E-state index in [0.717, 1.165) is 30.6 Å². The lowest BCUT2D eigenvalue weighted by Gasteiger charge is -2.11. The first kappa shape index (κ1) is 22.5. The molecule has 2 N–H and O–H groups in total. The zero-order chi connectivity index (χ0) is 23.2. The highest BCUT2D eigenvalue weighted by molar-refractivity contribution is 5.95. The van der Waals surface area contributed by atoms with Crippen molar-refractivity contribution in [3.8, 4) is 5.75 Å². The van der Waals surface area contributed by atoms with E-state index in [1.807, 2.05) is 25.3 Å². The summed E-state index contributed by atoms with van der Waals surface area (Å²) < 4.78 is 12.8. The molecule has 3 aromatic rings. The third-order valence-electron chi connectivity index (χ3n) is 5.34. The molecule has 9 nitrogen and oxygen atoms in total. The standard InChI is InChI=1S/C24H27N5O4/c1-16-5-10-21-27-17(2)23(29(21)14-16)24(31)28-26-12-18-6-8-19(9-7-18)33-15-22(30)25-13-20-4-3-11-32-20/h5-10,12,14,20H,3-4,11,13,15H2,1-2H3,(H,25,30)(H,28,31)/b26-12-/t20-/m1/s1. The van der Waals surface area contributed by atoms with Crippen LogP contribution in [0, 0.1) is 13.8 Å². The Bertz CT molecular complexity index is 1160. The lowest BCUT2D eigenvalue weighted by Crippen LogP contribution is -2.35. The Hall–Kier alpha value is -3.72. The summed E-state index contributed by atoms with van der Waals surface area (Å²) in [6, 6.07) is 10.9. The molecule has 4 rings (SSSR count). The summed E-state index contributed by atoms with van der Waals surface area (Å²) in [6.45, 7) is 4.96. The lowest BCUT2D eigenvalue weighted by atomic mass is 10.2. The van der Waals surface area contributed by atoms with Crippen LogP contribution in [0.3, 0.4) is 0 Å². The number of imidazole rings is 1. The SMILES string of the molecule is Cc1ccc2nc(C)c(C(=O)N/N=C\c3ccc(OCC(=O)NC[C@H]4CCCO4)cc3)n2c1. The molecule has 3 heterocycles. The molecule has 1 saturated heterocycles. The maximum atomic E-state index is 12.6. The molecule has 0 bridgehead atoms. The Balaban J connectivity index is 1.27. The van der Waals surface area contributed by atoms with Crippen LogP contribution in [0.2, 0.25) is 0 Å². The Morgan fingerprint density at radius 1 is 1.24 bits per heavy atom. The molecule has 0 radical (unpaired) electrons. The topological polar surface area (TPSA) is 106 Å². The van der Waals surface area contributed by atoms with Crippen LogP contribution in [0.15, 0.2) is 47.7 Å². The maximum absolute atomic E-state index is 12.6. The van der Waals surface area contributed by atoms with Gasteiger partial charge in [-0.05, 0) is 68.1 Å². The number of hydrazone groups is 1. The van der Waals surface area contributed by atoms with Gasteiger partial charge in [-0.3, -0.25) is 14.0 Å². The van der Waals surface area contributed by atoms with Crippen LogP contribution in [0.25, 0.3) is 5.65 Å². The van der Waals surface area contributed by atoms with Crippen molar-refractivity contribution in [1.29, 1.82) is 0 Å². The molecule has 0 spiro atoms. The number of carbonyl (C=O) groups excluding carboxylic acids is 2. The van der Waals surface area contributed by atoms with E-state index in [0.29, 0.717) is 29.3 Å². The number of nitrogens with one attached hydrogen (secondary N) is 2. The number of nitrogens with zero attached hydrogens (tertiary/aromatic N) is 3. The van der Waals surface area contributed by atoms with Crippen molar-refractivity contribution in [1.82, 2.24) is 20.1 Å². The maximum Gasteiger partial charge on any atom is 0.290 e. The zero-order valence-corrected chi connectivity index (χ0v) is 18.7. The van der Waals surface area contributed by atoms with Crippen LogP contribution >= 0.6 is 0 Å². The van der Waals surface area contributed by atoms with Crippen LogP contribution in [-0.2, 0) is 9.53 Å². The fourth-order valence-corrected chi connectivity index (χ4v) is 3.64. The van der Waals surface area contributed by atoms with Crippen LogP contribution in [0.1, 0.15) is 40.2 Å². The molecule has 9 heteroatoms. The summed E-state index contributed by atoms with van der Waals surface area (Å²) in [7, 11) is 0. The second-order valence-electron chi connectivity index (χ2n) is 7.98. The molecule has 1 aliphatic heterocycles. The number of aromatic nitrogens is 2. The number of pyridine rings is 1. The number of carbonyl (C=O) groups is 2. The van der Waals surface area contributed by atoms with Gasteiger partial charge in [0, 0.05) is 19.3 Å². The third kappa shape index (κ3) is 5.75. The van der Waals surface area contributed by atoms with E-state index in [4.69, 9.17) is 9.47 Å². The minimum absolute atomic E-state index is 0.0612. The summed E-state index contributed by atoms with van der Waals surface area (Å²) >= 11 is 0. The number of fused-ring (bicyclic) bond motifs is 1.